The molecule has 0 atom stereocenters. The van der Waals surface area contributed by atoms with Gasteiger partial charge in [0.2, 0.25) is 6.41 Å². The maximum atomic E-state index is 10.2. The van der Waals surface area contributed by atoms with E-state index in [1.807, 2.05) is 0 Å². The number of hydrazine groups is 1. The molecule has 0 aliphatic rings. The molecule has 0 radical (unpaired) electrons. The molecule has 0 bridgehead atoms. The van der Waals surface area contributed by atoms with Crippen LogP contribution in [0.15, 0.2) is 12.4 Å². The molecular weight excluding hydrogens is 158 g/mol. The maximum Gasteiger partial charge on any atom is 0.229 e. The molecule has 1 aromatic heterocycles. The van der Waals surface area contributed by atoms with E-state index in [2.05, 4.69) is 9.97 Å². The van der Waals surface area contributed by atoms with E-state index < -0.39 is 0 Å². The molecule has 0 aromatic carbocycles. The Balaban J connectivity index is 3.15. The standard InChI is InChI=1S/C6H5N5O/c7-3-5-6(11(8)4-12)10-2-1-9-5/h1-2,4H,8H2. The quantitative estimate of drug-likeness (QED) is 0.266. The number of hydrogen-bond donors (Lipinski definition) is 1. The first-order chi connectivity index (χ1) is 5.79. The first-order valence-corrected chi connectivity index (χ1v) is 3.00. The van der Waals surface area contributed by atoms with E-state index in [1.54, 1.807) is 6.07 Å². The van der Waals surface area contributed by atoms with Gasteiger partial charge in [0.05, 0.1) is 0 Å². The van der Waals surface area contributed by atoms with E-state index in [9.17, 15) is 4.79 Å². The van der Waals surface area contributed by atoms with Crippen LogP contribution in [0.1, 0.15) is 5.69 Å². The molecule has 0 aliphatic carbocycles. The summed E-state index contributed by atoms with van der Waals surface area (Å²) < 4.78 is 0. The second-order valence-corrected chi connectivity index (χ2v) is 1.85. The lowest BCUT2D eigenvalue weighted by Gasteiger charge is -2.07. The molecule has 0 unspecified atom stereocenters. The molecule has 0 aliphatic heterocycles. The lowest BCUT2D eigenvalue weighted by molar-refractivity contribution is -0.107. The molecule has 6 nitrogen and oxygen atoms in total. The van der Waals surface area contributed by atoms with Crippen LogP contribution in [-0.4, -0.2) is 16.4 Å². The summed E-state index contributed by atoms with van der Waals surface area (Å²) in [6, 6.07) is 1.76. The fourth-order valence-electron chi connectivity index (χ4n) is 0.648. The van der Waals surface area contributed by atoms with E-state index in [4.69, 9.17) is 11.1 Å². The SMILES string of the molecule is N#Cc1nccnc1N(N)C=O. The van der Waals surface area contributed by atoms with Gasteiger partial charge in [-0.1, -0.05) is 0 Å². The number of nitriles is 1. The van der Waals surface area contributed by atoms with Crippen LogP contribution >= 0.6 is 0 Å². The van der Waals surface area contributed by atoms with E-state index >= 15 is 0 Å². The zero-order valence-corrected chi connectivity index (χ0v) is 6.01. The van der Waals surface area contributed by atoms with Gasteiger partial charge < -0.3 is 0 Å². The van der Waals surface area contributed by atoms with Crippen molar-refractivity contribution in [2.24, 2.45) is 5.84 Å². The number of amides is 1. The third kappa shape index (κ3) is 1.36. The molecule has 0 saturated heterocycles. The molecule has 1 amide bonds. The summed E-state index contributed by atoms with van der Waals surface area (Å²) in [6.45, 7) is 0. The number of rotatable bonds is 2. The van der Waals surface area contributed by atoms with Gasteiger partial charge in [-0.25, -0.2) is 20.8 Å². The van der Waals surface area contributed by atoms with Crippen LogP contribution in [0.5, 0.6) is 0 Å². The first kappa shape index (κ1) is 8.10. The van der Waals surface area contributed by atoms with Crippen LogP contribution in [0.4, 0.5) is 5.82 Å². The average Bonchev–Trinajstić information content (AvgIpc) is 2.16. The highest BCUT2D eigenvalue weighted by Crippen LogP contribution is 2.07. The van der Waals surface area contributed by atoms with Gasteiger partial charge in [0.25, 0.3) is 0 Å². The molecule has 6 heteroatoms. The molecule has 0 spiro atoms. The molecule has 12 heavy (non-hydrogen) atoms. The molecule has 0 saturated carbocycles. The van der Waals surface area contributed by atoms with Gasteiger partial charge in [0, 0.05) is 12.4 Å². The molecule has 1 heterocycles. The maximum absolute atomic E-state index is 10.2. The van der Waals surface area contributed by atoms with Crippen LogP contribution in [0.25, 0.3) is 0 Å². The smallest absolute Gasteiger partial charge is 0.229 e. The summed E-state index contributed by atoms with van der Waals surface area (Å²) >= 11 is 0. The molecule has 2 N–H and O–H groups in total. The highest BCUT2D eigenvalue weighted by molar-refractivity contribution is 5.73. The van der Waals surface area contributed by atoms with Crippen molar-refractivity contribution in [3.05, 3.63) is 18.1 Å². The first-order valence-electron chi connectivity index (χ1n) is 3.00. The minimum Gasteiger partial charge on any atom is -0.277 e. The van der Waals surface area contributed by atoms with Crippen LogP contribution < -0.4 is 10.9 Å². The van der Waals surface area contributed by atoms with Crippen molar-refractivity contribution in [1.29, 1.82) is 5.26 Å². The Kier molecular flexibility index (Phi) is 2.30. The summed E-state index contributed by atoms with van der Waals surface area (Å²) in [7, 11) is 0. The van der Waals surface area contributed by atoms with Gasteiger partial charge >= 0.3 is 0 Å². The highest BCUT2D eigenvalue weighted by Gasteiger charge is 2.07. The number of carbonyl (C=O) groups excluding carboxylic acids is 1. The molecule has 60 valence electrons. The van der Waals surface area contributed by atoms with Crippen molar-refractivity contribution in [3.63, 3.8) is 0 Å². The number of hydrogen-bond acceptors (Lipinski definition) is 5. The highest BCUT2D eigenvalue weighted by atomic mass is 16.1. The van der Waals surface area contributed by atoms with E-state index in [-0.39, 0.29) is 11.5 Å². The number of aromatic nitrogens is 2. The van der Waals surface area contributed by atoms with Crippen LogP contribution in [0.2, 0.25) is 0 Å². The summed E-state index contributed by atoms with van der Waals surface area (Å²) in [5, 5.41) is 9.21. The summed E-state index contributed by atoms with van der Waals surface area (Å²) in [6.07, 6.45) is 3.05. The fraction of sp³-hybridized carbons (Fsp3) is 0. The second kappa shape index (κ2) is 3.41. The zero-order valence-electron chi connectivity index (χ0n) is 6.01. The van der Waals surface area contributed by atoms with Crippen molar-refractivity contribution in [2.75, 3.05) is 5.01 Å². The largest absolute Gasteiger partial charge is 0.277 e. The zero-order chi connectivity index (χ0) is 8.97. The van der Waals surface area contributed by atoms with Crippen molar-refractivity contribution in [2.45, 2.75) is 0 Å². The van der Waals surface area contributed by atoms with Crippen molar-refractivity contribution >= 4 is 12.2 Å². The minimum atomic E-state index is 0.0205. The van der Waals surface area contributed by atoms with Gasteiger partial charge in [-0.15, -0.1) is 0 Å². The number of anilines is 1. The van der Waals surface area contributed by atoms with Gasteiger partial charge in [-0.05, 0) is 0 Å². The van der Waals surface area contributed by atoms with E-state index in [1.165, 1.54) is 12.4 Å². The Hall–Kier alpha value is -2.00. The predicted molar refractivity (Wildman–Crippen MR) is 39.5 cm³/mol. The van der Waals surface area contributed by atoms with Gasteiger partial charge in [0.1, 0.15) is 6.07 Å². The Morgan fingerprint density at radius 2 is 2.25 bits per heavy atom. The average molecular weight is 163 g/mol. The third-order valence-corrected chi connectivity index (χ3v) is 1.14. The number of nitrogens with zero attached hydrogens (tertiary/aromatic N) is 4. The van der Waals surface area contributed by atoms with Crippen LogP contribution in [0, 0.1) is 11.3 Å². The van der Waals surface area contributed by atoms with Crippen LogP contribution in [-0.2, 0) is 4.79 Å². The predicted octanol–water partition coefficient (Wildman–Crippen LogP) is -0.815. The van der Waals surface area contributed by atoms with Gasteiger partial charge in [-0.2, -0.15) is 5.26 Å². The Labute approximate surface area is 68.2 Å². The van der Waals surface area contributed by atoms with Crippen molar-refractivity contribution in [1.82, 2.24) is 9.97 Å². The fourth-order valence-corrected chi connectivity index (χ4v) is 0.648. The minimum absolute atomic E-state index is 0.0205. The van der Waals surface area contributed by atoms with E-state index in [0.717, 1.165) is 0 Å². The Bertz CT molecular complexity index is 331. The van der Waals surface area contributed by atoms with E-state index in [0.29, 0.717) is 11.4 Å². The van der Waals surface area contributed by atoms with Gasteiger partial charge in [0.15, 0.2) is 11.5 Å². The van der Waals surface area contributed by atoms with Crippen molar-refractivity contribution in [3.8, 4) is 6.07 Å². The van der Waals surface area contributed by atoms with Crippen LogP contribution in [0.3, 0.4) is 0 Å². The Morgan fingerprint density at radius 3 is 2.83 bits per heavy atom. The summed E-state index contributed by atoms with van der Waals surface area (Å²) in [5.74, 6) is 5.23. The Morgan fingerprint density at radius 1 is 1.58 bits per heavy atom. The summed E-state index contributed by atoms with van der Waals surface area (Å²) in [4.78, 5) is 17.6. The normalized spacial score (nSPS) is 8.67. The lowest BCUT2D eigenvalue weighted by Crippen LogP contribution is -2.30. The molecular formula is C6H5N5O. The number of carbonyl (C=O) groups is 1. The topological polar surface area (TPSA) is 95.9 Å². The molecule has 1 aromatic rings. The third-order valence-electron chi connectivity index (χ3n) is 1.14. The number of nitrogens with two attached hydrogens (primary N) is 1. The van der Waals surface area contributed by atoms with Crippen molar-refractivity contribution < 1.29 is 4.79 Å². The monoisotopic (exact) mass is 163 g/mol. The second-order valence-electron chi connectivity index (χ2n) is 1.85. The molecule has 1 rings (SSSR count). The molecule has 0 fully saturated rings. The summed E-state index contributed by atoms with van der Waals surface area (Å²) in [5.41, 5.74) is 0.0205. The lowest BCUT2D eigenvalue weighted by atomic mass is 10.4. The van der Waals surface area contributed by atoms with Gasteiger partial charge in [-0.3, -0.25) is 4.79 Å².